The number of rotatable bonds is 10. The highest BCUT2D eigenvalue weighted by Crippen LogP contribution is 2.39. The number of carbonyl (C=O) groups is 1. The molecule has 2 aliphatic rings. The molecule has 3 heterocycles. The second-order valence-electron chi connectivity index (χ2n) is 12.5. The molecule has 0 saturated carbocycles. The highest BCUT2D eigenvalue weighted by Gasteiger charge is 2.29. The van der Waals surface area contributed by atoms with Gasteiger partial charge in [-0.15, -0.1) is 0 Å². The molecule has 0 unspecified atom stereocenters. The summed E-state index contributed by atoms with van der Waals surface area (Å²) >= 11 is 0. The van der Waals surface area contributed by atoms with Crippen molar-refractivity contribution in [2.75, 3.05) is 19.8 Å². The third-order valence-corrected chi connectivity index (χ3v) is 9.06. The van der Waals surface area contributed by atoms with Crippen molar-refractivity contribution in [1.82, 2.24) is 14.3 Å². The molecule has 0 N–H and O–H groups in total. The van der Waals surface area contributed by atoms with E-state index >= 15 is 0 Å². The number of benzene rings is 2. The normalized spacial score (nSPS) is 15.0. The Balaban J connectivity index is 1.42. The van der Waals surface area contributed by atoms with Crippen LogP contribution in [0, 0.1) is 0 Å². The van der Waals surface area contributed by atoms with Gasteiger partial charge in [-0.1, -0.05) is 30.3 Å². The van der Waals surface area contributed by atoms with E-state index in [1.807, 2.05) is 32.5 Å². The molecule has 0 spiro atoms. The lowest BCUT2D eigenvalue weighted by molar-refractivity contribution is 0.0512. The number of hydrogen-bond donors (Lipinski definition) is 0. The molecule has 2 aromatic carbocycles. The zero-order valence-electron chi connectivity index (χ0n) is 27.3. The second-order valence-corrected chi connectivity index (χ2v) is 12.5. The Labute approximate surface area is 266 Å². The number of hydrogen-bond acceptors (Lipinski definition) is 6. The van der Waals surface area contributed by atoms with E-state index in [1.54, 1.807) is 0 Å². The molecule has 0 bridgehead atoms. The first-order valence-corrected chi connectivity index (χ1v) is 16.8. The number of nitrogens with zero attached hydrogens (tertiary/aromatic N) is 3. The zero-order valence-corrected chi connectivity index (χ0v) is 27.3. The van der Waals surface area contributed by atoms with E-state index < -0.39 is 0 Å². The molecule has 0 atom stereocenters. The molecular weight excluding hydrogens is 566 g/mol. The largest absolute Gasteiger partial charge is 0.493 e. The van der Waals surface area contributed by atoms with E-state index in [4.69, 9.17) is 24.0 Å². The van der Waals surface area contributed by atoms with Gasteiger partial charge < -0.3 is 23.5 Å². The van der Waals surface area contributed by atoms with Crippen LogP contribution in [0.5, 0.6) is 5.75 Å². The van der Waals surface area contributed by atoms with Crippen LogP contribution in [-0.4, -0.2) is 46.2 Å². The maximum Gasteiger partial charge on any atom is 0.355 e. The SMILES string of the molecule is CCOC(=O)c1c(CCCOc2cccc3c2CCCC3)c2cccc3c2n1CCCCOCc1c-3c(COC(C)C)nn1C. The smallest absolute Gasteiger partial charge is 0.355 e. The fourth-order valence-electron chi connectivity index (χ4n) is 6.99. The van der Waals surface area contributed by atoms with Gasteiger partial charge in [0.1, 0.15) is 11.4 Å². The van der Waals surface area contributed by atoms with Crippen molar-refractivity contribution in [2.24, 2.45) is 7.05 Å². The molecule has 0 fully saturated rings. The lowest BCUT2D eigenvalue weighted by Crippen LogP contribution is -2.15. The summed E-state index contributed by atoms with van der Waals surface area (Å²) in [4.78, 5) is 13.7. The average molecular weight is 614 g/mol. The fourth-order valence-corrected chi connectivity index (χ4v) is 6.99. The van der Waals surface area contributed by atoms with Crippen molar-refractivity contribution in [2.45, 2.75) is 98.0 Å². The Bertz CT molecular complexity index is 1650. The number of aryl methyl sites for hydroxylation is 4. The van der Waals surface area contributed by atoms with Crippen molar-refractivity contribution < 1.29 is 23.7 Å². The predicted octanol–water partition coefficient (Wildman–Crippen LogP) is 7.34. The summed E-state index contributed by atoms with van der Waals surface area (Å²) in [5, 5.41) is 5.98. The summed E-state index contributed by atoms with van der Waals surface area (Å²) in [5.41, 5.74) is 9.50. The fraction of sp³-hybridized carbons (Fsp3) is 0.514. The summed E-state index contributed by atoms with van der Waals surface area (Å²) in [6.45, 7) is 9.07. The number of fused-ring (bicyclic) bond motifs is 3. The van der Waals surface area contributed by atoms with Crippen molar-refractivity contribution >= 4 is 16.9 Å². The van der Waals surface area contributed by atoms with E-state index in [9.17, 15) is 4.79 Å². The van der Waals surface area contributed by atoms with Gasteiger partial charge in [0, 0.05) is 36.7 Å². The van der Waals surface area contributed by atoms with Gasteiger partial charge in [-0.2, -0.15) is 5.10 Å². The quantitative estimate of drug-likeness (QED) is 0.138. The summed E-state index contributed by atoms with van der Waals surface area (Å²) in [6.07, 6.45) is 8.05. The van der Waals surface area contributed by atoms with Crippen molar-refractivity contribution in [3.8, 4) is 16.9 Å². The standard InChI is InChI=1S/C37H47N3O5/c1-5-43-37(41)36-29(18-12-22-44-33-19-10-14-26-13-6-7-15-27(26)33)28-16-11-17-30-34-31(23-45-25(2)3)38-39(4)32(34)24-42-21-9-8-20-40(36)35(28)30/h10-11,14,16-17,19,25H,5-9,12-13,15,18,20-24H2,1-4H3. The van der Waals surface area contributed by atoms with Crippen LogP contribution in [0.15, 0.2) is 36.4 Å². The number of esters is 1. The van der Waals surface area contributed by atoms with Gasteiger partial charge in [-0.3, -0.25) is 4.68 Å². The van der Waals surface area contributed by atoms with Crippen LogP contribution in [0.3, 0.4) is 0 Å². The van der Waals surface area contributed by atoms with Gasteiger partial charge >= 0.3 is 5.97 Å². The van der Waals surface area contributed by atoms with Gasteiger partial charge in [-0.05, 0) is 94.9 Å². The van der Waals surface area contributed by atoms with Gasteiger partial charge in [0.05, 0.1) is 49.4 Å². The molecule has 0 radical (unpaired) electrons. The van der Waals surface area contributed by atoms with Gasteiger partial charge in [0.15, 0.2) is 0 Å². The van der Waals surface area contributed by atoms with E-state index in [1.165, 1.54) is 24.0 Å². The number of carbonyl (C=O) groups excluding carboxylic acids is 1. The number of aromatic nitrogens is 3. The van der Waals surface area contributed by atoms with Gasteiger partial charge in [0.25, 0.3) is 0 Å². The maximum atomic E-state index is 13.7. The highest BCUT2D eigenvalue weighted by molar-refractivity contribution is 6.05. The van der Waals surface area contributed by atoms with Crippen LogP contribution in [0.2, 0.25) is 0 Å². The van der Waals surface area contributed by atoms with Crippen LogP contribution in [0.4, 0.5) is 0 Å². The third kappa shape index (κ3) is 6.54. The van der Waals surface area contributed by atoms with Crippen LogP contribution < -0.4 is 4.74 Å². The molecule has 4 aromatic rings. The zero-order chi connectivity index (χ0) is 31.3. The summed E-state index contributed by atoms with van der Waals surface area (Å²) in [5.74, 6) is 0.744. The second kappa shape index (κ2) is 14.2. The molecule has 240 valence electrons. The monoisotopic (exact) mass is 613 g/mol. The first-order chi connectivity index (χ1) is 22.0. The lowest BCUT2D eigenvalue weighted by Gasteiger charge is -2.19. The Hall–Kier alpha value is -3.62. The number of ether oxygens (including phenoxy) is 4. The molecule has 0 amide bonds. The molecule has 2 aromatic heterocycles. The molecule has 1 aliphatic carbocycles. The molecular formula is C37H47N3O5. The Morgan fingerprint density at radius 2 is 1.91 bits per heavy atom. The Morgan fingerprint density at radius 1 is 1.07 bits per heavy atom. The van der Waals surface area contributed by atoms with Crippen LogP contribution in [0.25, 0.3) is 22.0 Å². The Kier molecular flexibility index (Phi) is 9.91. The third-order valence-electron chi connectivity index (χ3n) is 9.06. The Morgan fingerprint density at radius 3 is 2.76 bits per heavy atom. The molecule has 45 heavy (non-hydrogen) atoms. The number of para-hydroxylation sites is 1. The van der Waals surface area contributed by atoms with Crippen molar-refractivity contribution in [3.63, 3.8) is 0 Å². The molecule has 0 saturated heterocycles. The van der Waals surface area contributed by atoms with E-state index in [-0.39, 0.29) is 12.1 Å². The van der Waals surface area contributed by atoms with Crippen LogP contribution in [0.1, 0.15) is 91.4 Å². The predicted molar refractivity (Wildman–Crippen MR) is 176 cm³/mol. The topological polar surface area (TPSA) is 76.7 Å². The van der Waals surface area contributed by atoms with E-state index in [0.717, 1.165) is 76.8 Å². The van der Waals surface area contributed by atoms with Crippen molar-refractivity contribution in [1.29, 1.82) is 0 Å². The average Bonchev–Trinajstić information content (AvgIpc) is 3.52. The van der Waals surface area contributed by atoms with Gasteiger partial charge in [-0.25, -0.2) is 4.79 Å². The highest BCUT2D eigenvalue weighted by atomic mass is 16.5. The molecule has 8 heteroatoms. The lowest BCUT2D eigenvalue weighted by atomic mass is 9.91. The van der Waals surface area contributed by atoms with E-state index in [2.05, 4.69) is 41.0 Å². The van der Waals surface area contributed by atoms with Crippen molar-refractivity contribution in [3.05, 3.63) is 70.2 Å². The minimum Gasteiger partial charge on any atom is -0.493 e. The van der Waals surface area contributed by atoms with Crippen LogP contribution in [-0.2, 0) is 60.3 Å². The molecule has 6 rings (SSSR count). The first kappa shape index (κ1) is 31.4. The molecule has 1 aliphatic heterocycles. The summed E-state index contributed by atoms with van der Waals surface area (Å²) in [7, 11) is 1.97. The van der Waals surface area contributed by atoms with Gasteiger partial charge in [0.2, 0.25) is 0 Å². The first-order valence-electron chi connectivity index (χ1n) is 16.8. The minimum absolute atomic E-state index is 0.0759. The minimum atomic E-state index is -0.270. The summed E-state index contributed by atoms with van der Waals surface area (Å²) in [6, 6.07) is 12.8. The summed E-state index contributed by atoms with van der Waals surface area (Å²) < 4.78 is 28.4. The molecule has 8 nitrogen and oxygen atoms in total. The van der Waals surface area contributed by atoms with E-state index in [0.29, 0.717) is 51.7 Å². The van der Waals surface area contributed by atoms with Crippen LogP contribution >= 0.6 is 0 Å². The maximum absolute atomic E-state index is 13.7.